The zero-order valence-electron chi connectivity index (χ0n) is 15.2. The minimum atomic E-state index is -0.355. The Morgan fingerprint density at radius 3 is 2.72 bits per heavy atom. The van der Waals surface area contributed by atoms with Crippen molar-refractivity contribution in [1.82, 2.24) is 0 Å². The Kier molecular flexibility index (Phi) is 8.32. The van der Waals surface area contributed by atoms with Crippen LogP contribution in [0.4, 0.5) is 0 Å². The molecule has 0 saturated heterocycles. The molecule has 0 spiro atoms. The molecule has 0 N–H and O–H groups in total. The molecule has 1 saturated carbocycles. The maximum atomic E-state index is 11.6. The molecule has 0 radical (unpaired) electrons. The Balaban J connectivity index is 2.12. The molecule has 5 heteroatoms. The lowest BCUT2D eigenvalue weighted by Gasteiger charge is -2.24. The van der Waals surface area contributed by atoms with Crippen molar-refractivity contribution in [3.05, 3.63) is 29.8 Å². The summed E-state index contributed by atoms with van der Waals surface area (Å²) >= 11 is 0. The van der Waals surface area contributed by atoms with Crippen LogP contribution in [0.5, 0.6) is 11.5 Å². The maximum absolute atomic E-state index is 11.6. The average molecular weight is 348 g/mol. The normalized spacial score (nSPS) is 15.3. The third-order valence-corrected chi connectivity index (χ3v) is 4.07. The standard InChI is InChI=1S/C20H28O5/c1-3-23-20(21)12-10-16-9-11-18(24-14-13-22-2)15-19(16)25-17-7-5-4-6-8-17/h9-12,15,17H,3-8,13-14H2,1-2H3. The van der Waals surface area contributed by atoms with Crippen LogP contribution in [-0.4, -0.2) is 39.0 Å². The number of benzene rings is 1. The molecule has 0 amide bonds. The summed E-state index contributed by atoms with van der Waals surface area (Å²) in [6.07, 6.45) is 9.18. The van der Waals surface area contributed by atoms with Crippen LogP contribution in [-0.2, 0) is 14.3 Å². The first-order valence-electron chi connectivity index (χ1n) is 9.00. The number of esters is 1. The summed E-state index contributed by atoms with van der Waals surface area (Å²) in [5.41, 5.74) is 0.845. The molecule has 1 fully saturated rings. The molecule has 0 bridgehead atoms. The predicted molar refractivity (Wildman–Crippen MR) is 97.0 cm³/mol. The Morgan fingerprint density at radius 2 is 2.00 bits per heavy atom. The van der Waals surface area contributed by atoms with Crippen molar-refractivity contribution in [2.75, 3.05) is 26.9 Å². The number of carbonyl (C=O) groups excluding carboxylic acids is 1. The Labute approximate surface area is 149 Å². The second-order valence-electron chi connectivity index (χ2n) is 6.00. The van der Waals surface area contributed by atoms with Crippen molar-refractivity contribution in [2.45, 2.75) is 45.1 Å². The van der Waals surface area contributed by atoms with E-state index >= 15 is 0 Å². The third-order valence-electron chi connectivity index (χ3n) is 4.07. The average Bonchev–Trinajstić information content (AvgIpc) is 2.62. The first-order chi connectivity index (χ1) is 12.2. The number of hydrogen-bond donors (Lipinski definition) is 0. The zero-order valence-corrected chi connectivity index (χ0v) is 15.2. The van der Waals surface area contributed by atoms with Gasteiger partial charge in [-0.1, -0.05) is 6.42 Å². The lowest BCUT2D eigenvalue weighted by Crippen LogP contribution is -2.20. The zero-order chi connectivity index (χ0) is 17.9. The molecule has 138 valence electrons. The van der Waals surface area contributed by atoms with Gasteiger partial charge in [0.05, 0.1) is 19.3 Å². The van der Waals surface area contributed by atoms with Gasteiger partial charge in [-0.2, -0.15) is 0 Å². The van der Waals surface area contributed by atoms with Crippen LogP contribution >= 0.6 is 0 Å². The molecule has 0 heterocycles. The summed E-state index contributed by atoms with van der Waals surface area (Å²) in [4.78, 5) is 11.6. The van der Waals surface area contributed by atoms with E-state index in [0.717, 1.165) is 29.9 Å². The van der Waals surface area contributed by atoms with Crippen LogP contribution in [0.15, 0.2) is 24.3 Å². The molecule has 2 rings (SSSR count). The lowest BCUT2D eigenvalue weighted by atomic mass is 9.97. The van der Waals surface area contributed by atoms with Gasteiger partial charge in [0.25, 0.3) is 0 Å². The highest BCUT2D eigenvalue weighted by molar-refractivity contribution is 5.87. The van der Waals surface area contributed by atoms with Crippen LogP contribution < -0.4 is 9.47 Å². The van der Waals surface area contributed by atoms with Crippen LogP contribution in [0.25, 0.3) is 6.08 Å². The quantitative estimate of drug-likeness (QED) is 0.383. The van der Waals surface area contributed by atoms with Gasteiger partial charge in [0, 0.05) is 24.8 Å². The summed E-state index contributed by atoms with van der Waals surface area (Å²) in [5, 5.41) is 0. The van der Waals surface area contributed by atoms with E-state index in [1.54, 1.807) is 20.1 Å². The van der Waals surface area contributed by atoms with Gasteiger partial charge in [0.2, 0.25) is 0 Å². The number of ether oxygens (including phenoxy) is 4. The first-order valence-corrected chi connectivity index (χ1v) is 9.00. The van der Waals surface area contributed by atoms with Gasteiger partial charge in [-0.25, -0.2) is 4.79 Å². The predicted octanol–water partition coefficient (Wildman–Crippen LogP) is 4.00. The van der Waals surface area contributed by atoms with Crippen LogP contribution in [0.2, 0.25) is 0 Å². The van der Waals surface area contributed by atoms with E-state index in [-0.39, 0.29) is 12.1 Å². The van der Waals surface area contributed by atoms with Gasteiger partial charge >= 0.3 is 5.97 Å². The summed E-state index contributed by atoms with van der Waals surface area (Å²) in [7, 11) is 1.64. The molecule has 25 heavy (non-hydrogen) atoms. The van der Waals surface area contributed by atoms with E-state index in [9.17, 15) is 4.79 Å². The molecule has 5 nitrogen and oxygen atoms in total. The number of carbonyl (C=O) groups is 1. The molecule has 0 aromatic heterocycles. The Morgan fingerprint density at radius 1 is 1.20 bits per heavy atom. The fourth-order valence-corrected chi connectivity index (χ4v) is 2.80. The highest BCUT2D eigenvalue weighted by Gasteiger charge is 2.16. The fraction of sp³-hybridized carbons (Fsp3) is 0.550. The second kappa shape index (κ2) is 10.8. The van der Waals surface area contributed by atoms with Gasteiger partial charge < -0.3 is 18.9 Å². The Bertz CT molecular complexity index is 561. The van der Waals surface area contributed by atoms with Gasteiger partial charge in [0.1, 0.15) is 18.1 Å². The van der Waals surface area contributed by atoms with Crippen molar-refractivity contribution in [3.63, 3.8) is 0 Å². The van der Waals surface area contributed by atoms with Crippen molar-refractivity contribution in [1.29, 1.82) is 0 Å². The first kappa shape index (κ1) is 19.3. The van der Waals surface area contributed by atoms with Gasteiger partial charge in [-0.15, -0.1) is 0 Å². The lowest BCUT2D eigenvalue weighted by molar-refractivity contribution is -0.137. The van der Waals surface area contributed by atoms with Crippen molar-refractivity contribution < 1.29 is 23.7 Å². The van der Waals surface area contributed by atoms with Crippen molar-refractivity contribution >= 4 is 12.0 Å². The van der Waals surface area contributed by atoms with E-state index in [1.807, 2.05) is 18.2 Å². The maximum Gasteiger partial charge on any atom is 0.330 e. The van der Waals surface area contributed by atoms with E-state index in [2.05, 4.69) is 0 Å². The van der Waals surface area contributed by atoms with Crippen LogP contribution in [0.3, 0.4) is 0 Å². The molecule has 1 aromatic carbocycles. The number of rotatable bonds is 9. The minimum absolute atomic E-state index is 0.220. The highest BCUT2D eigenvalue weighted by atomic mass is 16.5. The van der Waals surface area contributed by atoms with Crippen molar-refractivity contribution in [2.24, 2.45) is 0 Å². The molecular formula is C20H28O5. The SMILES string of the molecule is CCOC(=O)C=Cc1ccc(OCCOC)cc1OC1CCCCC1. The van der Waals surface area contributed by atoms with E-state index in [4.69, 9.17) is 18.9 Å². The van der Waals surface area contributed by atoms with E-state index < -0.39 is 0 Å². The molecule has 1 aromatic rings. The molecular weight excluding hydrogens is 320 g/mol. The van der Waals surface area contributed by atoms with Crippen molar-refractivity contribution in [3.8, 4) is 11.5 Å². The van der Waals surface area contributed by atoms with E-state index in [0.29, 0.717) is 19.8 Å². The smallest absolute Gasteiger partial charge is 0.330 e. The molecule has 0 aliphatic heterocycles. The third kappa shape index (κ3) is 6.78. The highest BCUT2D eigenvalue weighted by Crippen LogP contribution is 2.30. The van der Waals surface area contributed by atoms with E-state index in [1.165, 1.54) is 25.3 Å². The number of methoxy groups -OCH3 is 1. The summed E-state index contributed by atoms with van der Waals surface area (Å²) < 4.78 is 21.8. The molecule has 0 unspecified atom stereocenters. The largest absolute Gasteiger partial charge is 0.491 e. The fourth-order valence-electron chi connectivity index (χ4n) is 2.80. The second-order valence-corrected chi connectivity index (χ2v) is 6.00. The summed E-state index contributed by atoms with van der Waals surface area (Å²) in [6, 6.07) is 5.65. The van der Waals surface area contributed by atoms with Gasteiger partial charge in [-0.05, 0) is 50.8 Å². The van der Waals surface area contributed by atoms with Gasteiger partial charge in [0.15, 0.2) is 0 Å². The topological polar surface area (TPSA) is 54.0 Å². The molecule has 1 aliphatic rings. The molecule has 1 aliphatic carbocycles. The summed E-state index contributed by atoms with van der Waals surface area (Å²) in [5.74, 6) is 1.12. The summed E-state index contributed by atoms with van der Waals surface area (Å²) in [6.45, 7) is 3.16. The Hall–Kier alpha value is -2.01. The van der Waals surface area contributed by atoms with Crippen LogP contribution in [0.1, 0.15) is 44.6 Å². The van der Waals surface area contributed by atoms with Gasteiger partial charge in [-0.3, -0.25) is 0 Å². The monoisotopic (exact) mass is 348 g/mol. The van der Waals surface area contributed by atoms with Crippen LogP contribution in [0, 0.1) is 0 Å². The number of hydrogen-bond acceptors (Lipinski definition) is 5. The minimum Gasteiger partial charge on any atom is -0.491 e. The molecule has 0 atom stereocenters.